The molecule has 0 aliphatic heterocycles. The third kappa shape index (κ3) is 3.55. The maximum atomic E-state index is 8.97. The van der Waals surface area contributed by atoms with Crippen molar-refractivity contribution in [1.29, 1.82) is 5.26 Å². The number of aromatic nitrogens is 4. The van der Waals surface area contributed by atoms with Gasteiger partial charge < -0.3 is 16.4 Å². The molecule has 0 amide bonds. The van der Waals surface area contributed by atoms with Gasteiger partial charge in [-0.05, 0) is 18.4 Å². The van der Waals surface area contributed by atoms with Crippen LogP contribution in [0.15, 0.2) is 36.5 Å². The summed E-state index contributed by atoms with van der Waals surface area (Å²) in [4.78, 5) is 9.20. The maximum Gasteiger partial charge on any atom is 0.226 e. The minimum absolute atomic E-state index is 0.134. The van der Waals surface area contributed by atoms with Gasteiger partial charge in [0.1, 0.15) is 5.82 Å². The zero-order valence-corrected chi connectivity index (χ0v) is 15.1. The van der Waals surface area contributed by atoms with Gasteiger partial charge in [0.05, 0.1) is 23.6 Å². The molecule has 1 fully saturated rings. The lowest BCUT2D eigenvalue weighted by atomic mass is 9.81. The van der Waals surface area contributed by atoms with Crippen molar-refractivity contribution >= 4 is 22.8 Å². The van der Waals surface area contributed by atoms with Crippen molar-refractivity contribution in [3.63, 3.8) is 0 Å². The van der Waals surface area contributed by atoms with E-state index < -0.39 is 0 Å². The lowest BCUT2D eigenvalue weighted by Crippen LogP contribution is -2.35. The second-order valence-corrected chi connectivity index (χ2v) is 6.94. The van der Waals surface area contributed by atoms with Crippen LogP contribution in [0.2, 0.25) is 0 Å². The van der Waals surface area contributed by atoms with E-state index in [0.717, 1.165) is 35.3 Å². The number of nitrogens with one attached hydrogen (secondary N) is 2. The number of nitriles is 1. The van der Waals surface area contributed by atoms with Crippen molar-refractivity contribution in [2.24, 2.45) is 18.7 Å². The molecule has 2 aromatic heterocycles. The quantitative estimate of drug-likeness (QED) is 0.615. The number of benzene rings is 1. The smallest absolute Gasteiger partial charge is 0.226 e. The average molecular weight is 362 g/mol. The number of nitrogens with zero attached hydrogens (tertiary/aromatic N) is 5. The predicted octanol–water partition coefficient (Wildman–Crippen LogP) is 2.19. The molecule has 3 aromatic rings. The fraction of sp³-hybridized carbons (Fsp3) is 0.368. The van der Waals surface area contributed by atoms with Gasteiger partial charge in [0.15, 0.2) is 5.65 Å². The Morgan fingerprint density at radius 1 is 1.30 bits per heavy atom. The molecule has 4 N–H and O–H groups in total. The van der Waals surface area contributed by atoms with Crippen LogP contribution in [0.25, 0.3) is 11.0 Å². The standard InChI is InChI=1S/C19H22N8/c1-27-18-15(10-23-27)17(24-14-7-12(8-14)9-20)25-19(26-18)22-11-16(21)13-5-3-2-4-6-13/h2-6,10,12,14,16H,7-8,11,21H2,1H3,(H2,22,24,25,26)/t12?,14?,16-/m0/s1. The first-order valence-electron chi connectivity index (χ1n) is 9.04. The SMILES string of the molecule is Cn1ncc2c(NC3CC(C#N)C3)nc(NC[C@H](N)c3ccccc3)nc21. The van der Waals surface area contributed by atoms with Crippen LogP contribution in [0.5, 0.6) is 0 Å². The largest absolute Gasteiger partial charge is 0.366 e. The van der Waals surface area contributed by atoms with Crippen molar-refractivity contribution in [3.8, 4) is 6.07 Å². The number of fused-ring (bicyclic) bond motifs is 1. The van der Waals surface area contributed by atoms with E-state index in [4.69, 9.17) is 11.0 Å². The van der Waals surface area contributed by atoms with Crippen molar-refractivity contribution in [2.75, 3.05) is 17.2 Å². The molecule has 0 spiro atoms. The Morgan fingerprint density at radius 2 is 2.07 bits per heavy atom. The Bertz CT molecular complexity index is 969. The molecule has 1 aliphatic rings. The van der Waals surface area contributed by atoms with Gasteiger partial charge in [-0.3, -0.25) is 4.68 Å². The normalized spacial score (nSPS) is 19.9. The summed E-state index contributed by atoms with van der Waals surface area (Å²) < 4.78 is 1.73. The van der Waals surface area contributed by atoms with E-state index >= 15 is 0 Å². The topological polar surface area (TPSA) is 117 Å². The van der Waals surface area contributed by atoms with E-state index in [1.807, 2.05) is 37.4 Å². The van der Waals surface area contributed by atoms with Crippen LogP contribution >= 0.6 is 0 Å². The summed E-state index contributed by atoms with van der Waals surface area (Å²) in [6.07, 6.45) is 3.44. The molecule has 0 bridgehead atoms. The first-order valence-corrected chi connectivity index (χ1v) is 9.04. The van der Waals surface area contributed by atoms with Crippen LogP contribution in [0, 0.1) is 17.2 Å². The van der Waals surface area contributed by atoms with Crippen molar-refractivity contribution in [2.45, 2.75) is 24.9 Å². The van der Waals surface area contributed by atoms with Crippen LogP contribution in [0.3, 0.4) is 0 Å². The van der Waals surface area contributed by atoms with Gasteiger partial charge in [0.2, 0.25) is 5.95 Å². The van der Waals surface area contributed by atoms with E-state index in [1.165, 1.54) is 0 Å². The molecule has 4 rings (SSSR count). The predicted molar refractivity (Wildman–Crippen MR) is 104 cm³/mol. The van der Waals surface area contributed by atoms with Gasteiger partial charge in [0.25, 0.3) is 0 Å². The van der Waals surface area contributed by atoms with E-state index in [1.54, 1.807) is 10.9 Å². The zero-order valence-electron chi connectivity index (χ0n) is 15.1. The molecular formula is C19H22N8. The lowest BCUT2D eigenvalue weighted by Gasteiger charge is -2.31. The summed E-state index contributed by atoms with van der Waals surface area (Å²) in [5.74, 6) is 1.39. The minimum Gasteiger partial charge on any atom is -0.366 e. The molecule has 8 nitrogen and oxygen atoms in total. The number of hydrogen-bond donors (Lipinski definition) is 3. The Balaban J connectivity index is 1.52. The summed E-state index contributed by atoms with van der Waals surface area (Å²) in [5, 5.41) is 20.8. The van der Waals surface area contributed by atoms with E-state index in [0.29, 0.717) is 12.5 Å². The summed E-state index contributed by atoms with van der Waals surface area (Å²) in [5.41, 5.74) is 8.07. The van der Waals surface area contributed by atoms with Crippen LogP contribution in [0.1, 0.15) is 24.4 Å². The molecular weight excluding hydrogens is 340 g/mol. The summed E-state index contributed by atoms with van der Waals surface area (Å²) in [6, 6.07) is 12.3. The number of nitrogens with two attached hydrogens (primary N) is 1. The summed E-state index contributed by atoms with van der Waals surface area (Å²) in [6.45, 7) is 0.521. The monoisotopic (exact) mass is 362 g/mol. The van der Waals surface area contributed by atoms with Crippen molar-refractivity contribution in [1.82, 2.24) is 19.7 Å². The van der Waals surface area contributed by atoms with Gasteiger partial charge in [-0.25, -0.2) is 0 Å². The highest BCUT2D eigenvalue weighted by Crippen LogP contribution is 2.31. The highest BCUT2D eigenvalue weighted by molar-refractivity contribution is 5.87. The number of hydrogen-bond acceptors (Lipinski definition) is 7. The number of anilines is 2. The fourth-order valence-corrected chi connectivity index (χ4v) is 3.27. The molecule has 2 heterocycles. The second-order valence-electron chi connectivity index (χ2n) is 6.94. The van der Waals surface area contributed by atoms with Gasteiger partial charge >= 0.3 is 0 Å². The highest BCUT2D eigenvalue weighted by Gasteiger charge is 2.29. The fourth-order valence-electron chi connectivity index (χ4n) is 3.27. The third-order valence-corrected chi connectivity index (χ3v) is 4.96. The van der Waals surface area contributed by atoms with E-state index in [2.05, 4.69) is 31.8 Å². The molecule has 8 heteroatoms. The Labute approximate surface area is 157 Å². The third-order valence-electron chi connectivity index (χ3n) is 4.96. The van der Waals surface area contributed by atoms with Gasteiger partial charge in [-0.1, -0.05) is 30.3 Å². The first kappa shape index (κ1) is 17.2. The lowest BCUT2D eigenvalue weighted by molar-refractivity contribution is 0.353. The second kappa shape index (κ2) is 7.21. The molecule has 1 aliphatic carbocycles. The Kier molecular flexibility index (Phi) is 4.60. The highest BCUT2D eigenvalue weighted by atomic mass is 15.3. The van der Waals surface area contributed by atoms with Crippen LogP contribution < -0.4 is 16.4 Å². The molecule has 138 valence electrons. The Morgan fingerprint density at radius 3 is 2.81 bits per heavy atom. The van der Waals surface area contributed by atoms with Crippen molar-refractivity contribution < 1.29 is 0 Å². The maximum absolute atomic E-state index is 8.97. The summed E-state index contributed by atoms with van der Waals surface area (Å²) >= 11 is 0. The van der Waals surface area contributed by atoms with Gasteiger partial charge in [-0.15, -0.1) is 0 Å². The van der Waals surface area contributed by atoms with Gasteiger partial charge in [-0.2, -0.15) is 20.3 Å². The van der Waals surface area contributed by atoms with Gasteiger partial charge in [0, 0.05) is 25.7 Å². The first-order chi connectivity index (χ1) is 13.1. The number of rotatable bonds is 6. The van der Waals surface area contributed by atoms with E-state index in [9.17, 15) is 0 Å². The molecule has 0 unspecified atom stereocenters. The van der Waals surface area contributed by atoms with Crippen LogP contribution in [-0.2, 0) is 7.05 Å². The molecule has 0 radical (unpaired) electrons. The zero-order chi connectivity index (χ0) is 18.8. The van der Waals surface area contributed by atoms with Crippen LogP contribution in [-0.4, -0.2) is 32.3 Å². The Hall–Kier alpha value is -3.18. The molecule has 0 saturated heterocycles. The summed E-state index contributed by atoms with van der Waals surface area (Å²) in [7, 11) is 1.85. The van der Waals surface area contributed by atoms with Crippen LogP contribution in [0.4, 0.5) is 11.8 Å². The molecule has 1 saturated carbocycles. The molecule has 1 aromatic carbocycles. The number of aryl methyl sites for hydroxylation is 1. The van der Waals surface area contributed by atoms with E-state index in [-0.39, 0.29) is 18.0 Å². The van der Waals surface area contributed by atoms with Crippen molar-refractivity contribution in [3.05, 3.63) is 42.1 Å². The minimum atomic E-state index is -0.156. The molecule has 1 atom stereocenters. The average Bonchev–Trinajstić information content (AvgIpc) is 3.04. The molecule has 27 heavy (non-hydrogen) atoms.